The molecule has 0 amide bonds. The summed E-state index contributed by atoms with van der Waals surface area (Å²) in [7, 11) is 0. The summed E-state index contributed by atoms with van der Waals surface area (Å²) in [6.07, 6.45) is 1.03. The molecule has 2 aromatic rings. The second-order valence-corrected chi connectivity index (χ2v) is 6.07. The van der Waals surface area contributed by atoms with Crippen molar-refractivity contribution in [2.75, 3.05) is 6.61 Å². The lowest BCUT2D eigenvalue weighted by atomic mass is 10.1. The van der Waals surface area contributed by atoms with Gasteiger partial charge in [0, 0.05) is 17.1 Å². The first-order chi connectivity index (χ1) is 10.2. The average Bonchev–Trinajstić information content (AvgIpc) is 2.52. The van der Waals surface area contributed by atoms with Gasteiger partial charge in [0.2, 0.25) is 0 Å². The van der Waals surface area contributed by atoms with E-state index < -0.39 is 0 Å². The Morgan fingerprint density at radius 2 is 1.90 bits per heavy atom. The molecule has 0 spiro atoms. The van der Waals surface area contributed by atoms with Crippen molar-refractivity contribution in [2.24, 2.45) is 0 Å². The quantitative estimate of drug-likeness (QED) is 0.753. The maximum absolute atomic E-state index is 5.67. The molecule has 0 saturated carbocycles. The lowest BCUT2D eigenvalue weighted by Crippen LogP contribution is -2.18. The monoisotopic (exact) mass is 347 g/mol. The number of halogens is 1. The molecular formula is C18H22BrNO. The van der Waals surface area contributed by atoms with E-state index in [-0.39, 0.29) is 0 Å². The molecular weight excluding hydrogens is 326 g/mol. The Hall–Kier alpha value is -1.32. The molecule has 0 aromatic heterocycles. The minimum absolute atomic E-state index is 0.318. The van der Waals surface area contributed by atoms with Crippen LogP contribution in [0.25, 0.3) is 0 Å². The van der Waals surface area contributed by atoms with Crippen LogP contribution >= 0.6 is 15.9 Å². The molecule has 2 rings (SSSR count). The number of hydrogen-bond donors (Lipinski definition) is 1. The van der Waals surface area contributed by atoms with E-state index in [0.29, 0.717) is 6.04 Å². The minimum atomic E-state index is 0.318. The summed E-state index contributed by atoms with van der Waals surface area (Å²) in [5.41, 5.74) is 2.53. The summed E-state index contributed by atoms with van der Waals surface area (Å²) in [4.78, 5) is 0. The molecule has 0 unspecified atom stereocenters. The Bertz CT molecular complexity index is 553. The summed E-state index contributed by atoms with van der Waals surface area (Å²) in [6.45, 7) is 5.90. The Morgan fingerprint density at radius 1 is 1.14 bits per heavy atom. The number of nitrogens with one attached hydrogen (secondary N) is 1. The molecule has 0 bridgehead atoms. The van der Waals surface area contributed by atoms with E-state index in [0.717, 1.165) is 29.8 Å². The van der Waals surface area contributed by atoms with Gasteiger partial charge in [-0.05, 0) is 48.7 Å². The lowest BCUT2D eigenvalue weighted by Gasteiger charge is -2.15. The molecule has 0 radical (unpaired) electrons. The van der Waals surface area contributed by atoms with Gasteiger partial charge in [0.25, 0.3) is 0 Å². The maximum Gasteiger partial charge on any atom is 0.119 e. The van der Waals surface area contributed by atoms with Crippen molar-refractivity contribution in [3.05, 3.63) is 64.1 Å². The SMILES string of the molecule is CCCOc1cccc(CN[C@@H](C)c2ccc(Br)cc2)c1. The van der Waals surface area contributed by atoms with Crippen molar-refractivity contribution < 1.29 is 4.74 Å². The fourth-order valence-corrected chi connectivity index (χ4v) is 2.37. The van der Waals surface area contributed by atoms with Crippen LogP contribution in [0.4, 0.5) is 0 Å². The van der Waals surface area contributed by atoms with Crippen LogP contribution in [0, 0.1) is 0 Å². The molecule has 3 heteroatoms. The average molecular weight is 348 g/mol. The van der Waals surface area contributed by atoms with Gasteiger partial charge in [-0.25, -0.2) is 0 Å². The second-order valence-electron chi connectivity index (χ2n) is 5.15. The molecule has 21 heavy (non-hydrogen) atoms. The van der Waals surface area contributed by atoms with Gasteiger partial charge in [-0.2, -0.15) is 0 Å². The van der Waals surface area contributed by atoms with Gasteiger partial charge in [-0.15, -0.1) is 0 Å². The van der Waals surface area contributed by atoms with E-state index in [4.69, 9.17) is 4.74 Å². The fourth-order valence-electron chi connectivity index (χ4n) is 2.11. The van der Waals surface area contributed by atoms with Crippen LogP contribution in [0.5, 0.6) is 5.75 Å². The summed E-state index contributed by atoms with van der Waals surface area (Å²) >= 11 is 3.46. The maximum atomic E-state index is 5.67. The van der Waals surface area contributed by atoms with Crippen molar-refractivity contribution in [2.45, 2.75) is 32.9 Å². The first-order valence-electron chi connectivity index (χ1n) is 7.39. The molecule has 2 nitrogen and oxygen atoms in total. The molecule has 1 atom stereocenters. The largest absolute Gasteiger partial charge is 0.494 e. The minimum Gasteiger partial charge on any atom is -0.494 e. The lowest BCUT2D eigenvalue weighted by molar-refractivity contribution is 0.317. The number of benzene rings is 2. The highest BCUT2D eigenvalue weighted by Gasteiger charge is 2.05. The number of hydrogen-bond acceptors (Lipinski definition) is 2. The molecule has 0 aliphatic rings. The first kappa shape index (κ1) is 16.1. The number of rotatable bonds is 7. The Balaban J connectivity index is 1.91. The summed E-state index contributed by atoms with van der Waals surface area (Å²) in [5.74, 6) is 0.951. The Labute approximate surface area is 135 Å². The van der Waals surface area contributed by atoms with Crippen LogP contribution in [-0.4, -0.2) is 6.61 Å². The topological polar surface area (TPSA) is 21.3 Å². The van der Waals surface area contributed by atoms with E-state index in [1.807, 2.05) is 12.1 Å². The van der Waals surface area contributed by atoms with E-state index in [1.165, 1.54) is 11.1 Å². The van der Waals surface area contributed by atoms with Crippen LogP contribution in [0.1, 0.15) is 37.4 Å². The van der Waals surface area contributed by atoms with Crippen molar-refractivity contribution in [1.29, 1.82) is 0 Å². The van der Waals surface area contributed by atoms with Crippen LogP contribution in [-0.2, 0) is 6.54 Å². The van der Waals surface area contributed by atoms with Crippen LogP contribution in [0.3, 0.4) is 0 Å². The van der Waals surface area contributed by atoms with Crippen molar-refractivity contribution in [3.63, 3.8) is 0 Å². The second kappa shape index (κ2) is 8.20. The van der Waals surface area contributed by atoms with Gasteiger partial charge in [0.05, 0.1) is 6.61 Å². The molecule has 0 aliphatic carbocycles. The smallest absolute Gasteiger partial charge is 0.119 e. The van der Waals surface area contributed by atoms with Gasteiger partial charge in [-0.3, -0.25) is 0 Å². The highest BCUT2D eigenvalue weighted by Crippen LogP contribution is 2.18. The van der Waals surface area contributed by atoms with Gasteiger partial charge in [0.1, 0.15) is 5.75 Å². The van der Waals surface area contributed by atoms with E-state index in [2.05, 4.69) is 71.5 Å². The Kier molecular flexibility index (Phi) is 6.27. The van der Waals surface area contributed by atoms with E-state index >= 15 is 0 Å². The third kappa shape index (κ3) is 5.18. The highest BCUT2D eigenvalue weighted by molar-refractivity contribution is 9.10. The first-order valence-corrected chi connectivity index (χ1v) is 8.19. The standard InChI is InChI=1S/C18H22BrNO/c1-3-11-21-18-6-4-5-15(12-18)13-20-14(2)16-7-9-17(19)10-8-16/h4-10,12,14,20H,3,11,13H2,1-2H3/t14-/m0/s1. The van der Waals surface area contributed by atoms with E-state index in [9.17, 15) is 0 Å². The zero-order valence-electron chi connectivity index (χ0n) is 12.6. The Morgan fingerprint density at radius 3 is 2.62 bits per heavy atom. The van der Waals surface area contributed by atoms with Gasteiger partial charge in [-0.1, -0.05) is 47.1 Å². The zero-order valence-corrected chi connectivity index (χ0v) is 14.2. The van der Waals surface area contributed by atoms with Crippen LogP contribution < -0.4 is 10.1 Å². The molecule has 2 aromatic carbocycles. The normalized spacial score (nSPS) is 12.1. The van der Waals surface area contributed by atoms with Gasteiger partial charge >= 0.3 is 0 Å². The molecule has 112 valence electrons. The fraction of sp³-hybridized carbons (Fsp3) is 0.333. The van der Waals surface area contributed by atoms with Crippen LogP contribution in [0.2, 0.25) is 0 Å². The van der Waals surface area contributed by atoms with Gasteiger partial charge in [0.15, 0.2) is 0 Å². The van der Waals surface area contributed by atoms with Crippen molar-refractivity contribution in [1.82, 2.24) is 5.32 Å². The summed E-state index contributed by atoms with van der Waals surface area (Å²) in [5, 5.41) is 3.55. The van der Waals surface area contributed by atoms with E-state index in [1.54, 1.807) is 0 Å². The zero-order chi connectivity index (χ0) is 15.1. The third-order valence-corrected chi connectivity index (χ3v) is 3.88. The van der Waals surface area contributed by atoms with Crippen LogP contribution in [0.15, 0.2) is 53.0 Å². The van der Waals surface area contributed by atoms with Crippen molar-refractivity contribution in [3.8, 4) is 5.75 Å². The highest BCUT2D eigenvalue weighted by atomic mass is 79.9. The van der Waals surface area contributed by atoms with Gasteiger partial charge < -0.3 is 10.1 Å². The molecule has 0 heterocycles. The predicted molar refractivity (Wildman–Crippen MR) is 91.6 cm³/mol. The summed E-state index contributed by atoms with van der Waals surface area (Å²) < 4.78 is 6.78. The molecule has 0 fully saturated rings. The summed E-state index contributed by atoms with van der Waals surface area (Å²) in [6, 6.07) is 17.0. The van der Waals surface area contributed by atoms with Crippen molar-refractivity contribution >= 4 is 15.9 Å². The number of ether oxygens (including phenoxy) is 1. The predicted octanol–water partition coefficient (Wildman–Crippen LogP) is 5.09. The molecule has 1 N–H and O–H groups in total. The molecule has 0 saturated heterocycles. The molecule has 0 aliphatic heterocycles. The third-order valence-electron chi connectivity index (χ3n) is 3.35.